The van der Waals surface area contributed by atoms with E-state index in [1.165, 1.54) is 12.1 Å². The Kier molecular flexibility index (Phi) is 3.01. The van der Waals surface area contributed by atoms with Gasteiger partial charge in [-0.3, -0.25) is 4.79 Å². The standard InChI is InChI=1S/C14H12O2/c15-13-8-4-7-12(10-14(13)16)9-11-5-2-1-3-6-11/h1-8,10H,9H2,(H,15,16). The number of rotatable bonds is 2. The van der Waals surface area contributed by atoms with Gasteiger partial charge in [-0.2, -0.15) is 0 Å². The van der Waals surface area contributed by atoms with E-state index in [0.717, 1.165) is 11.1 Å². The van der Waals surface area contributed by atoms with Crippen LogP contribution < -0.4 is 5.43 Å². The van der Waals surface area contributed by atoms with Gasteiger partial charge < -0.3 is 5.11 Å². The maximum absolute atomic E-state index is 11.4. The third kappa shape index (κ3) is 2.48. The van der Waals surface area contributed by atoms with Crippen molar-refractivity contribution in [2.75, 3.05) is 0 Å². The minimum absolute atomic E-state index is 0.209. The Hall–Kier alpha value is -2.09. The molecule has 2 aromatic rings. The van der Waals surface area contributed by atoms with Gasteiger partial charge in [0.15, 0.2) is 5.75 Å². The van der Waals surface area contributed by atoms with E-state index in [-0.39, 0.29) is 11.2 Å². The van der Waals surface area contributed by atoms with Crippen LogP contribution >= 0.6 is 0 Å². The van der Waals surface area contributed by atoms with Crippen LogP contribution in [0.5, 0.6) is 5.75 Å². The van der Waals surface area contributed by atoms with Crippen LogP contribution in [-0.4, -0.2) is 5.11 Å². The third-order valence-electron chi connectivity index (χ3n) is 2.38. The Labute approximate surface area is 93.8 Å². The van der Waals surface area contributed by atoms with Gasteiger partial charge in [-0.05, 0) is 29.7 Å². The molecule has 0 aliphatic carbocycles. The minimum Gasteiger partial charge on any atom is -0.504 e. The fourth-order valence-corrected chi connectivity index (χ4v) is 1.58. The van der Waals surface area contributed by atoms with Crippen molar-refractivity contribution in [3.8, 4) is 5.75 Å². The summed E-state index contributed by atoms with van der Waals surface area (Å²) < 4.78 is 0. The minimum atomic E-state index is -0.337. The largest absolute Gasteiger partial charge is 0.504 e. The fraction of sp³-hybridized carbons (Fsp3) is 0.0714. The van der Waals surface area contributed by atoms with Crippen molar-refractivity contribution in [2.45, 2.75) is 6.42 Å². The van der Waals surface area contributed by atoms with Crippen LogP contribution in [0.2, 0.25) is 0 Å². The summed E-state index contributed by atoms with van der Waals surface area (Å²) in [6.07, 6.45) is 0.699. The molecule has 2 nitrogen and oxygen atoms in total. The molecule has 0 spiro atoms. The number of hydrogen-bond acceptors (Lipinski definition) is 2. The summed E-state index contributed by atoms with van der Waals surface area (Å²) in [5, 5.41) is 9.26. The molecule has 0 fully saturated rings. The second-order valence-corrected chi connectivity index (χ2v) is 3.66. The predicted octanol–water partition coefficient (Wildman–Crippen LogP) is 2.34. The van der Waals surface area contributed by atoms with Crippen LogP contribution in [0, 0.1) is 0 Å². The molecular weight excluding hydrogens is 200 g/mol. The van der Waals surface area contributed by atoms with Crippen LogP contribution in [0.3, 0.4) is 0 Å². The van der Waals surface area contributed by atoms with Gasteiger partial charge in [-0.25, -0.2) is 0 Å². The van der Waals surface area contributed by atoms with E-state index in [0.29, 0.717) is 6.42 Å². The van der Waals surface area contributed by atoms with E-state index in [4.69, 9.17) is 0 Å². The molecule has 0 bridgehead atoms. The Bertz CT molecular complexity index is 533. The molecule has 2 heteroatoms. The molecule has 1 N–H and O–H groups in total. The zero-order valence-corrected chi connectivity index (χ0v) is 8.76. The van der Waals surface area contributed by atoms with E-state index in [1.807, 2.05) is 36.4 Å². The van der Waals surface area contributed by atoms with Crippen LogP contribution in [0.15, 0.2) is 59.4 Å². The third-order valence-corrected chi connectivity index (χ3v) is 2.38. The van der Waals surface area contributed by atoms with Gasteiger partial charge in [0.1, 0.15) is 0 Å². The van der Waals surface area contributed by atoms with Crippen molar-refractivity contribution in [3.05, 3.63) is 75.9 Å². The van der Waals surface area contributed by atoms with Gasteiger partial charge in [0, 0.05) is 0 Å². The van der Waals surface area contributed by atoms with Crippen molar-refractivity contribution >= 4 is 0 Å². The van der Waals surface area contributed by atoms with E-state index in [9.17, 15) is 9.90 Å². The van der Waals surface area contributed by atoms with Gasteiger partial charge in [0.05, 0.1) is 0 Å². The first-order valence-electron chi connectivity index (χ1n) is 5.12. The monoisotopic (exact) mass is 212 g/mol. The lowest BCUT2D eigenvalue weighted by atomic mass is 10.1. The highest BCUT2D eigenvalue weighted by Gasteiger charge is 1.97. The maximum Gasteiger partial charge on any atom is 0.220 e. The highest BCUT2D eigenvalue weighted by Crippen LogP contribution is 2.08. The van der Waals surface area contributed by atoms with Crippen molar-refractivity contribution in [1.82, 2.24) is 0 Å². The number of benzene rings is 1. The summed E-state index contributed by atoms with van der Waals surface area (Å²) in [5.41, 5.74) is 1.71. The zero-order chi connectivity index (χ0) is 11.4. The molecule has 0 unspecified atom stereocenters. The average Bonchev–Trinajstić information content (AvgIpc) is 2.43. The summed E-state index contributed by atoms with van der Waals surface area (Å²) in [5.74, 6) is -0.209. The first-order valence-corrected chi connectivity index (χ1v) is 5.12. The molecule has 0 aliphatic rings. The van der Waals surface area contributed by atoms with Crippen molar-refractivity contribution in [2.24, 2.45) is 0 Å². The molecule has 0 radical (unpaired) electrons. The smallest absolute Gasteiger partial charge is 0.220 e. The van der Waals surface area contributed by atoms with Gasteiger partial charge >= 0.3 is 0 Å². The van der Waals surface area contributed by atoms with Crippen LogP contribution in [-0.2, 0) is 6.42 Å². The lowest BCUT2D eigenvalue weighted by Crippen LogP contribution is -1.96. The normalized spacial score (nSPS) is 10.0. The summed E-state index contributed by atoms with van der Waals surface area (Å²) in [7, 11) is 0. The predicted molar refractivity (Wildman–Crippen MR) is 63.6 cm³/mol. The van der Waals surface area contributed by atoms with Crippen LogP contribution in [0.1, 0.15) is 11.1 Å². The molecule has 0 aliphatic heterocycles. The molecule has 0 saturated heterocycles. The molecule has 80 valence electrons. The first kappa shape index (κ1) is 10.4. The zero-order valence-electron chi connectivity index (χ0n) is 8.76. The molecule has 2 rings (SSSR count). The summed E-state index contributed by atoms with van der Waals surface area (Å²) >= 11 is 0. The summed E-state index contributed by atoms with van der Waals surface area (Å²) in [6, 6.07) is 16.3. The fourth-order valence-electron chi connectivity index (χ4n) is 1.58. The lowest BCUT2D eigenvalue weighted by molar-refractivity contribution is 0.471. The molecular formula is C14H12O2. The molecule has 0 heterocycles. The highest BCUT2D eigenvalue weighted by molar-refractivity contribution is 5.28. The SMILES string of the molecule is O=c1cc(Cc2ccccc2)cccc1O. The van der Waals surface area contributed by atoms with E-state index < -0.39 is 0 Å². The van der Waals surface area contributed by atoms with Gasteiger partial charge in [0.2, 0.25) is 5.43 Å². The molecule has 2 aromatic carbocycles. The Morgan fingerprint density at radius 2 is 1.56 bits per heavy atom. The Balaban J connectivity index is 2.34. The molecule has 0 aromatic heterocycles. The molecule has 16 heavy (non-hydrogen) atoms. The average molecular weight is 212 g/mol. The van der Waals surface area contributed by atoms with Crippen LogP contribution in [0.4, 0.5) is 0 Å². The molecule has 0 amide bonds. The molecule has 0 saturated carbocycles. The van der Waals surface area contributed by atoms with Gasteiger partial charge in [-0.1, -0.05) is 42.5 Å². The quantitative estimate of drug-likeness (QED) is 0.829. The molecule has 0 atom stereocenters. The first-order chi connectivity index (χ1) is 7.75. The van der Waals surface area contributed by atoms with Crippen LogP contribution in [0.25, 0.3) is 0 Å². The van der Waals surface area contributed by atoms with Gasteiger partial charge in [-0.15, -0.1) is 0 Å². The Morgan fingerprint density at radius 3 is 2.31 bits per heavy atom. The summed E-state index contributed by atoms with van der Waals surface area (Å²) in [6.45, 7) is 0. The van der Waals surface area contributed by atoms with Gasteiger partial charge in [0.25, 0.3) is 0 Å². The van der Waals surface area contributed by atoms with Crippen molar-refractivity contribution in [1.29, 1.82) is 0 Å². The van der Waals surface area contributed by atoms with E-state index in [1.54, 1.807) is 6.07 Å². The topological polar surface area (TPSA) is 37.3 Å². The van der Waals surface area contributed by atoms with E-state index in [2.05, 4.69) is 0 Å². The second kappa shape index (κ2) is 4.62. The maximum atomic E-state index is 11.4. The Morgan fingerprint density at radius 1 is 0.875 bits per heavy atom. The lowest BCUT2D eigenvalue weighted by Gasteiger charge is -1.98. The summed E-state index contributed by atoms with van der Waals surface area (Å²) in [4.78, 5) is 11.4. The number of hydrogen-bond donors (Lipinski definition) is 1. The van der Waals surface area contributed by atoms with Crippen molar-refractivity contribution < 1.29 is 5.11 Å². The number of aromatic hydroxyl groups is 1. The second-order valence-electron chi connectivity index (χ2n) is 3.66. The highest BCUT2D eigenvalue weighted by atomic mass is 16.3. The van der Waals surface area contributed by atoms with Crippen molar-refractivity contribution in [3.63, 3.8) is 0 Å². The van der Waals surface area contributed by atoms with E-state index >= 15 is 0 Å².